The fraction of sp³-hybridized carbons (Fsp3) is 0.611. The van der Waals surface area contributed by atoms with E-state index in [1.807, 2.05) is 19.9 Å². The Bertz CT molecular complexity index is 602. The van der Waals surface area contributed by atoms with E-state index in [1.165, 1.54) is 0 Å². The van der Waals surface area contributed by atoms with Crippen molar-refractivity contribution in [2.75, 3.05) is 18.6 Å². The Morgan fingerprint density at radius 1 is 1.30 bits per heavy atom. The Hall–Kier alpha value is -1.26. The quantitative estimate of drug-likeness (QED) is 0.909. The average molecular weight is 337 g/mol. The van der Waals surface area contributed by atoms with Crippen molar-refractivity contribution in [1.29, 1.82) is 0 Å². The Morgan fingerprint density at radius 3 is 2.61 bits per heavy atom. The van der Waals surface area contributed by atoms with Gasteiger partial charge in [0.25, 0.3) is 0 Å². The number of ether oxygens (including phenoxy) is 1. The molecular formula is C18H25ClN2O2. The van der Waals surface area contributed by atoms with Gasteiger partial charge in [-0.1, -0.05) is 23.8 Å². The van der Waals surface area contributed by atoms with Gasteiger partial charge in [-0.15, -0.1) is 0 Å². The molecule has 2 heterocycles. The van der Waals surface area contributed by atoms with Gasteiger partial charge in [0.15, 0.2) is 0 Å². The molecule has 1 N–H and O–H groups in total. The largest absolute Gasteiger partial charge is 0.480 e. The molecule has 0 unspecified atom stereocenters. The van der Waals surface area contributed by atoms with Crippen LogP contribution in [0.1, 0.15) is 45.1 Å². The molecule has 1 aromatic rings. The van der Waals surface area contributed by atoms with Crippen molar-refractivity contribution in [3.05, 3.63) is 22.7 Å². The summed E-state index contributed by atoms with van der Waals surface area (Å²) >= 11 is 6.20. The molecule has 0 bridgehead atoms. The summed E-state index contributed by atoms with van der Waals surface area (Å²) in [4.78, 5) is 6.98. The predicted molar refractivity (Wildman–Crippen MR) is 94.2 cm³/mol. The van der Waals surface area contributed by atoms with Gasteiger partial charge in [0.05, 0.1) is 12.7 Å². The van der Waals surface area contributed by atoms with Crippen molar-refractivity contribution >= 4 is 23.5 Å². The molecule has 0 radical (unpaired) electrons. The molecule has 23 heavy (non-hydrogen) atoms. The van der Waals surface area contributed by atoms with Crippen molar-refractivity contribution in [2.24, 2.45) is 5.92 Å². The Kier molecular flexibility index (Phi) is 4.56. The van der Waals surface area contributed by atoms with Crippen molar-refractivity contribution in [3.63, 3.8) is 0 Å². The lowest BCUT2D eigenvalue weighted by molar-refractivity contribution is -0.00151. The summed E-state index contributed by atoms with van der Waals surface area (Å²) in [6, 6.07) is 2.38. The first-order valence-electron chi connectivity index (χ1n) is 8.30. The number of pyridine rings is 1. The van der Waals surface area contributed by atoms with E-state index >= 15 is 0 Å². The van der Waals surface area contributed by atoms with Crippen LogP contribution in [0.3, 0.4) is 0 Å². The molecule has 0 atom stereocenters. The van der Waals surface area contributed by atoms with Gasteiger partial charge in [0, 0.05) is 18.2 Å². The zero-order valence-corrected chi connectivity index (χ0v) is 14.8. The van der Waals surface area contributed by atoms with Gasteiger partial charge < -0.3 is 14.7 Å². The number of aromatic nitrogens is 1. The Balaban J connectivity index is 1.80. The lowest BCUT2D eigenvalue weighted by Crippen LogP contribution is -2.43. The minimum Gasteiger partial charge on any atom is -0.480 e. The molecule has 0 spiro atoms. The van der Waals surface area contributed by atoms with Gasteiger partial charge in [-0.3, -0.25) is 0 Å². The Morgan fingerprint density at radius 2 is 2.00 bits per heavy atom. The van der Waals surface area contributed by atoms with Gasteiger partial charge in [-0.25, -0.2) is 0 Å². The van der Waals surface area contributed by atoms with E-state index in [0.29, 0.717) is 22.9 Å². The summed E-state index contributed by atoms with van der Waals surface area (Å²) in [6.45, 7) is 4.71. The van der Waals surface area contributed by atoms with Gasteiger partial charge in [-0.05, 0) is 51.5 Å². The van der Waals surface area contributed by atoms with E-state index in [4.69, 9.17) is 16.3 Å². The molecule has 5 heteroatoms. The summed E-state index contributed by atoms with van der Waals surface area (Å²) in [5, 5.41) is 10.8. The lowest BCUT2D eigenvalue weighted by atomic mass is 9.76. The molecule has 1 aliphatic carbocycles. The maximum absolute atomic E-state index is 10.2. The first-order chi connectivity index (χ1) is 10.9. The van der Waals surface area contributed by atoms with Crippen LogP contribution in [0.5, 0.6) is 5.88 Å². The molecule has 0 amide bonds. The zero-order chi connectivity index (χ0) is 16.6. The second-order valence-electron chi connectivity index (χ2n) is 7.11. The highest BCUT2D eigenvalue weighted by Crippen LogP contribution is 2.39. The fourth-order valence-corrected chi connectivity index (χ4v) is 4.01. The number of rotatable bonds is 3. The molecule has 1 aliphatic heterocycles. The SMILES string of the molecule is COc1nc2c(cc1Cl)C=CCN2[C@H]1CC[C@H](C(C)(C)O)CC1. The minimum atomic E-state index is -0.584. The van der Waals surface area contributed by atoms with Crippen LogP contribution in [-0.4, -0.2) is 35.4 Å². The zero-order valence-electron chi connectivity index (χ0n) is 14.1. The van der Waals surface area contributed by atoms with E-state index in [2.05, 4.69) is 22.0 Å². The summed E-state index contributed by atoms with van der Waals surface area (Å²) < 4.78 is 5.28. The number of hydrogen-bond acceptors (Lipinski definition) is 4. The van der Waals surface area contributed by atoms with Crippen LogP contribution >= 0.6 is 11.6 Å². The van der Waals surface area contributed by atoms with Crippen LogP contribution in [0.25, 0.3) is 6.08 Å². The minimum absolute atomic E-state index is 0.381. The van der Waals surface area contributed by atoms with Gasteiger partial charge in [-0.2, -0.15) is 4.98 Å². The summed E-state index contributed by atoms with van der Waals surface area (Å²) in [6.07, 6.45) is 8.49. The second kappa shape index (κ2) is 6.33. The predicted octanol–water partition coefficient (Wildman–Crippen LogP) is 3.91. The normalized spacial score (nSPS) is 24.5. The topological polar surface area (TPSA) is 45.6 Å². The summed E-state index contributed by atoms with van der Waals surface area (Å²) in [5.41, 5.74) is 0.464. The maximum Gasteiger partial charge on any atom is 0.234 e. The number of hydrogen-bond donors (Lipinski definition) is 1. The van der Waals surface area contributed by atoms with Crippen LogP contribution in [0.15, 0.2) is 12.1 Å². The smallest absolute Gasteiger partial charge is 0.234 e. The number of methoxy groups -OCH3 is 1. The third-order valence-electron chi connectivity index (χ3n) is 5.15. The molecule has 0 aromatic carbocycles. The highest BCUT2D eigenvalue weighted by molar-refractivity contribution is 6.32. The van der Waals surface area contributed by atoms with Crippen LogP contribution in [0.4, 0.5) is 5.82 Å². The first-order valence-corrected chi connectivity index (χ1v) is 8.68. The van der Waals surface area contributed by atoms with Crippen molar-refractivity contribution < 1.29 is 9.84 Å². The highest BCUT2D eigenvalue weighted by atomic mass is 35.5. The van der Waals surface area contributed by atoms with Crippen molar-refractivity contribution in [3.8, 4) is 5.88 Å². The number of aliphatic hydroxyl groups is 1. The lowest BCUT2D eigenvalue weighted by Gasteiger charge is -2.41. The maximum atomic E-state index is 10.2. The van der Waals surface area contributed by atoms with Crippen LogP contribution < -0.4 is 9.64 Å². The third kappa shape index (κ3) is 3.33. The number of fused-ring (bicyclic) bond motifs is 1. The third-order valence-corrected chi connectivity index (χ3v) is 5.42. The van der Waals surface area contributed by atoms with E-state index in [0.717, 1.165) is 43.6 Å². The van der Waals surface area contributed by atoms with Gasteiger partial charge in [0.1, 0.15) is 10.8 Å². The molecule has 1 fully saturated rings. The molecule has 0 saturated heterocycles. The second-order valence-corrected chi connectivity index (χ2v) is 7.51. The van der Waals surface area contributed by atoms with E-state index in [-0.39, 0.29) is 0 Å². The molecule has 1 saturated carbocycles. The number of anilines is 1. The Labute approximate surface area is 143 Å². The number of nitrogens with zero attached hydrogens (tertiary/aromatic N) is 2. The van der Waals surface area contributed by atoms with Crippen molar-refractivity contribution in [1.82, 2.24) is 4.98 Å². The molecule has 1 aromatic heterocycles. The first kappa shape index (κ1) is 16.6. The fourth-order valence-electron chi connectivity index (χ4n) is 3.77. The molecule has 4 nitrogen and oxygen atoms in total. The summed E-state index contributed by atoms with van der Waals surface area (Å²) in [5.74, 6) is 1.82. The van der Waals surface area contributed by atoms with E-state index < -0.39 is 5.60 Å². The summed E-state index contributed by atoms with van der Waals surface area (Å²) in [7, 11) is 1.60. The standard InChI is InChI=1S/C18H25ClN2O2/c1-18(2,22)13-6-8-14(9-7-13)21-10-4-5-12-11-15(19)17(23-3)20-16(12)21/h4-5,11,13-14,22H,6-10H2,1-3H3/t13-,14-. The number of halogens is 1. The highest BCUT2D eigenvalue weighted by Gasteiger charge is 2.34. The monoisotopic (exact) mass is 336 g/mol. The molecular weight excluding hydrogens is 312 g/mol. The molecule has 2 aliphatic rings. The van der Waals surface area contributed by atoms with Crippen LogP contribution in [-0.2, 0) is 0 Å². The molecule has 3 rings (SSSR count). The van der Waals surface area contributed by atoms with Crippen LogP contribution in [0, 0.1) is 5.92 Å². The van der Waals surface area contributed by atoms with E-state index in [1.54, 1.807) is 7.11 Å². The van der Waals surface area contributed by atoms with Crippen LogP contribution in [0.2, 0.25) is 5.02 Å². The van der Waals surface area contributed by atoms with Gasteiger partial charge in [0.2, 0.25) is 5.88 Å². The average Bonchev–Trinajstić information content (AvgIpc) is 2.53. The molecule has 126 valence electrons. The van der Waals surface area contributed by atoms with Gasteiger partial charge >= 0.3 is 0 Å². The van der Waals surface area contributed by atoms with E-state index in [9.17, 15) is 5.11 Å². The van der Waals surface area contributed by atoms with Crippen molar-refractivity contribution in [2.45, 2.75) is 51.2 Å².